The van der Waals surface area contributed by atoms with E-state index in [9.17, 15) is 4.79 Å². The summed E-state index contributed by atoms with van der Waals surface area (Å²) in [5, 5.41) is 16.4. The van der Waals surface area contributed by atoms with Crippen molar-refractivity contribution in [2.24, 2.45) is 0 Å². The van der Waals surface area contributed by atoms with Gasteiger partial charge in [0.15, 0.2) is 11.5 Å². The molecule has 0 spiro atoms. The minimum atomic E-state index is -0.0307. The summed E-state index contributed by atoms with van der Waals surface area (Å²) < 4.78 is 7.49. The molecule has 1 unspecified atom stereocenters. The number of hydrogen-bond donors (Lipinski definition) is 1. The first kappa shape index (κ1) is 18.1. The Kier molecular flexibility index (Phi) is 4.91. The molecular formula is C20H23N7O2. The molecular weight excluding hydrogens is 370 g/mol. The van der Waals surface area contributed by atoms with Crippen molar-refractivity contribution in [2.75, 3.05) is 32.8 Å². The van der Waals surface area contributed by atoms with Crippen molar-refractivity contribution in [3.8, 4) is 11.3 Å². The summed E-state index contributed by atoms with van der Waals surface area (Å²) in [6.07, 6.45) is 5.64. The molecule has 0 bridgehead atoms. The van der Waals surface area contributed by atoms with Crippen molar-refractivity contribution < 1.29 is 9.53 Å². The lowest BCUT2D eigenvalue weighted by Gasteiger charge is -2.34. The monoisotopic (exact) mass is 393 g/mol. The Morgan fingerprint density at radius 1 is 1.17 bits per heavy atom. The second-order valence-corrected chi connectivity index (χ2v) is 7.60. The first-order valence-electron chi connectivity index (χ1n) is 10.00. The van der Waals surface area contributed by atoms with Crippen LogP contribution in [0.5, 0.6) is 0 Å². The van der Waals surface area contributed by atoms with Gasteiger partial charge in [-0.3, -0.25) is 9.78 Å². The normalized spacial score (nSPS) is 21.4. The summed E-state index contributed by atoms with van der Waals surface area (Å²) in [4.78, 5) is 17.8. The van der Waals surface area contributed by atoms with E-state index in [1.54, 1.807) is 6.20 Å². The maximum atomic E-state index is 11.2. The lowest BCUT2D eigenvalue weighted by molar-refractivity contribution is -0.134. The zero-order valence-electron chi connectivity index (χ0n) is 16.1. The van der Waals surface area contributed by atoms with Crippen LogP contribution in [0, 0.1) is 0 Å². The van der Waals surface area contributed by atoms with E-state index in [0.29, 0.717) is 12.5 Å². The Morgan fingerprint density at radius 2 is 2.07 bits per heavy atom. The highest BCUT2D eigenvalue weighted by molar-refractivity contribution is 5.77. The molecule has 3 aromatic rings. The van der Waals surface area contributed by atoms with Gasteiger partial charge in [0.25, 0.3) is 0 Å². The van der Waals surface area contributed by atoms with Gasteiger partial charge in [0, 0.05) is 37.0 Å². The third-order valence-corrected chi connectivity index (χ3v) is 5.64. The number of fused-ring (bicyclic) bond motifs is 1. The molecule has 2 fully saturated rings. The van der Waals surface area contributed by atoms with E-state index in [-0.39, 0.29) is 18.6 Å². The van der Waals surface area contributed by atoms with Gasteiger partial charge in [-0.05, 0) is 50.2 Å². The van der Waals surface area contributed by atoms with Gasteiger partial charge in [0.2, 0.25) is 5.91 Å². The number of amides is 1. The number of aromatic nitrogens is 5. The molecule has 0 aliphatic carbocycles. The highest BCUT2D eigenvalue weighted by atomic mass is 16.5. The number of piperidine rings is 1. The third-order valence-electron chi connectivity index (χ3n) is 5.64. The van der Waals surface area contributed by atoms with Gasteiger partial charge in [-0.15, -0.1) is 10.2 Å². The van der Waals surface area contributed by atoms with E-state index in [1.165, 1.54) is 0 Å². The topological polar surface area (TPSA) is 97.5 Å². The highest BCUT2D eigenvalue weighted by Gasteiger charge is 2.28. The van der Waals surface area contributed by atoms with Crippen LogP contribution in [0.4, 0.5) is 0 Å². The van der Waals surface area contributed by atoms with Crippen LogP contribution in [0.1, 0.15) is 24.6 Å². The predicted octanol–water partition coefficient (Wildman–Crippen LogP) is 0.881. The van der Waals surface area contributed by atoms with Crippen LogP contribution < -0.4 is 5.32 Å². The van der Waals surface area contributed by atoms with E-state index in [0.717, 1.165) is 55.2 Å². The van der Waals surface area contributed by atoms with E-state index >= 15 is 0 Å². The van der Waals surface area contributed by atoms with E-state index in [4.69, 9.17) is 9.84 Å². The number of carbonyl (C=O) groups is 1. The SMILES string of the molecule is O=C1COC(CN2CCC(c3nnc4ccc(-c5cccnc5)nn34)CC2)CN1. The van der Waals surface area contributed by atoms with Gasteiger partial charge in [-0.1, -0.05) is 0 Å². The zero-order valence-corrected chi connectivity index (χ0v) is 16.1. The summed E-state index contributed by atoms with van der Waals surface area (Å²) in [6.45, 7) is 3.54. The lowest BCUT2D eigenvalue weighted by Crippen LogP contribution is -2.49. The molecule has 2 saturated heterocycles. The maximum absolute atomic E-state index is 11.2. The quantitative estimate of drug-likeness (QED) is 0.703. The number of nitrogens with one attached hydrogen (secondary N) is 1. The predicted molar refractivity (Wildman–Crippen MR) is 105 cm³/mol. The lowest BCUT2D eigenvalue weighted by atomic mass is 9.96. The molecule has 1 N–H and O–H groups in total. The van der Waals surface area contributed by atoms with Crippen LogP contribution >= 0.6 is 0 Å². The largest absolute Gasteiger partial charge is 0.365 e. The average molecular weight is 393 g/mol. The number of morpholine rings is 1. The summed E-state index contributed by atoms with van der Waals surface area (Å²) in [5.74, 6) is 1.22. The molecule has 9 heteroatoms. The number of nitrogens with zero attached hydrogens (tertiary/aromatic N) is 6. The van der Waals surface area contributed by atoms with Crippen LogP contribution in [0.15, 0.2) is 36.7 Å². The van der Waals surface area contributed by atoms with Crippen molar-refractivity contribution in [1.82, 2.24) is 35.0 Å². The van der Waals surface area contributed by atoms with Crippen molar-refractivity contribution in [1.29, 1.82) is 0 Å². The number of hydrogen-bond acceptors (Lipinski definition) is 7. The molecule has 3 aromatic heterocycles. The minimum Gasteiger partial charge on any atom is -0.365 e. The standard InChI is InChI=1S/C20H23N7O2/c28-19-13-29-16(11-22-19)12-26-8-5-14(6-9-26)20-24-23-18-4-3-17(25-27(18)20)15-2-1-7-21-10-15/h1-4,7,10,14,16H,5-6,8-9,11-13H2,(H,22,28). The van der Waals surface area contributed by atoms with Crippen molar-refractivity contribution in [3.05, 3.63) is 42.5 Å². The minimum absolute atomic E-state index is 0.0307. The fourth-order valence-corrected chi connectivity index (χ4v) is 4.04. The van der Waals surface area contributed by atoms with Crippen molar-refractivity contribution >= 4 is 11.6 Å². The smallest absolute Gasteiger partial charge is 0.246 e. The van der Waals surface area contributed by atoms with Crippen molar-refractivity contribution in [3.63, 3.8) is 0 Å². The Hall–Kier alpha value is -2.91. The fraction of sp³-hybridized carbons (Fsp3) is 0.450. The summed E-state index contributed by atoms with van der Waals surface area (Å²) in [5.41, 5.74) is 2.60. The Labute approximate surface area is 168 Å². The van der Waals surface area contributed by atoms with Crippen LogP contribution in [0.3, 0.4) is 0 Å². The van der Waals surface area contributed by atoms with Gasteiger partial charge in [0.05, 0.1) is 11.8 Å². The fourth-order valence-electron chi connectivity index (χ4n) is 4.04. The number of carbonyl (C=O) groups excluding carboxylic acids is 1. The molecule has 150 valence electrons. The van der Waals surface area contributed by atoms with Crippen LogP contribution in [0.2, 0.25) is 0 Å². The molecule has 0 radical (unpaired) electrons. The number of pyridine rings is 1. The first-order chi connectivity index (χ1) is 14.3. The molecule has 1 atom stereocenters. The zero-order chi connectivity index (χ0) is 19.6. The van der Waals surface area contributed by atoms with Gasteiger partial charge in [0.1, 0.15) is 6.61 Å². The second-order valence-electron chi connectivity index (χ2n) is 7.60. The molecule has 1 amide bonds. The molecule has 5 heterocycles. The van der Waals surface area contributed by atoms with Crippen LogP contribution in [-0.2, 0) is 9.53 Å². The maximum Gasteiger partial charge on any atom is 0.246 e. The first-order valence-corrected chi connectivity index (χ1v) is 10.00. The number of ether oxygens (including phenoxy) is 1. The second kappa shape index (κ2) is 7.84. The average Bonchev–Trinajstić information content (AvgIpc) is 3.20. The van der Waals surface area contributed by atoms with E-state index in [2.05, 4.69) is 25.4 Å². The van der Waals surface area contributed by atoms with Crippen LogP contribution in [0.25, 0.3) is 16.9 Å². The molecule has 2 aliphatic rings. The molecule has 29 heavy (non-hydrogen) atoms. The Bertz CT molecular complexity index is 988. The van der Waals surface area contributed by atoms with E-state index in [1.807, 2.05) is 35.0 Å². The molecule has 0 aromatic carbocycles. The van der Waals surface area contributed by atoms with Gasteiger partial charge in [-0.2, -0.15) is 9.61 Å². The Balaban J connectivity index is 1.27. The van der Waals surface area contributed by atoms with Gasteiger partial charge >= 0.3 is 0 Å². The van der Waals surface area contributed by atoms with Gasteiger partial charge < -0.3 is 15.0 Å². The third kappa shape index (κ3) is 3.83. The molecule has 0 saturated carbocycles. The number of rotatable bonds is 4. The molecule has 9 nitrogen and oxygen atoms in total. The number of likely N-dealkylation sites (tertiary alicyclic amines) is 1. The summed E-state index contributed by atoms with van der Waals surface area (Å²) in [6, 6.07) is 7.82. The molecule has 2 aliphatic heterocycles. The highest BCUT2D eigenvalue weighted by Crippen LogP contribution is 2.27. The van der Waals surface area contributed by atoms with E-state index < -0.39 is 0 Å². The summed E-state index contributed by atoms with van der Waals surface area (Å²) in [7, 11) is 0. The van der Waals surface area contributed by atoms with Crippen molar-refractivity contribution in [2.45, 2.75) is 24.9 Å². The molecule has 5 rings (SSSR count). The Morgan fingerprint density at radius 3 is 2.83 bits per heavy atom. The van der Waals surface area contributed by atoms with Gasteiger partial charge in [-0.25, -0.2) is 0 Å². The summed E-state index contributed by atoms with van der Waals surface area (Å²) >= 11 is 0. The van der Waals surface area contributed by atoms with Crippen LogP contribution in [-0.4, -0.2) is 74.5 Å².